The fourth-order valence-corrected chi connectivity index (χ4v) is 5.40. The number of hydrogen-bond donors (Lipinski definition) is 1. The SMILES string of the molecule is Cc1nc(CC(C)C)sc1C(=O)Nc1ccc2nc(N3CCOCC3)sc2c1. The van der Waals surface area contributed by atoms with Gasteiger partial charge in [-0.25, -0.2) is 9.97 Å². The number of nitrogens with one attached hydrogen (secondary N) is 1. The molecule has 6 nitrogen and oxygen atoms in total. The molecule has 1 aliphatic heterocycles. The summed E-state index contributed by atoms with van der Waals surface area (Å²) < 4.78 is 6.49. The van der Waals surface area contributed by atoms with Crippen LogP contribution in [0.4, 0.5) is 10.8 Å². The van der Waals surface area contributed by atoms with Crippen LogP contribution in [-0.4, -0.2) is 42.2 Å². The molecule has 1 fully saturated rings. The maximum Gasteiger partial charge on any atom is 0.267 e. The molecule has 0 saturated carbocycles. The van der Waals surface area contributed by atoms with Gasteiger partial charge in [0.15, 0.2) is 5.13 Å². The Kier molecular flexibility index (Phi) is 5.61. The number of rotatable bonds is 5. The molecule has 8 heteroatoms. The first-order chi connectivity index (χ1) is 13.5. The first-order valence-corrected chi connectivity index (χ1v) is 11.1. The van der Waals surface area contributed by atoms with Crippen molar-refractivity contribution < 1.29 is 9.53 Å². The lowest BCUT2D eigenvalue weighted by atomic mass is 10.1. The number of thiazole rings is 2. The molecule has 3 heterocycles. The van der Waals surface area contributed by atoms with E-state index in [2.05, 4.69) is 29.0 Å². The predicted octanol–water partition coefficient (Wildman–Crippen LogP) is 4.35. The lowest BCUT2D eigenvalue weighted by Gasteiger charge is -2.25. The quantitative estimate of drug-likeness (QED) is 0.670. The topological polar surface area (TPSA) is 67.4 Å². The van der Waals surface area contributed by atoms with E-state index in [1.807, 2.05) is 25.1 Å². The molecule has 1 aromatic carbocycles. The van der Waals surface area contributed by atoms with E-state index in [4.69, 9.17) is 9.72 Å². The van der Waals surface area contributed by atoms with Crippen molar-refractivity contribution in [1.29, 1.82) is 0 Å². The van der Waals surface area contributed by atoms with Gasteiger partial charge in [-0.1, -0.05) is 25.2 Å². The van der Waals surface area contributed by atoms with Crippen LogP contribution in [0, 0.1) is 12.8 Å². The highest BCUT2D eigenvalue weighted by atomic mass is 32.1. The summed E-state index contributed by atoms with van der Waals surface area (Å²) in [6, 6.07) is 5.88. The average molecular weight is 417 g/mol. The van der Waals surface area contributed by atoms with Crippen LogP contribution in [0.15, 0.2) is 18.2 Å². The Morgan fingerprint density at radius 2 is 2.04 bits per heavy atom. The van der Waals surface area contributed by atoms with E-state index >= 15 is 0 Å². The zero-order valence-corrected chi connectivity index (χ0v) is 18.0. The van der Waals surface area contributed by atoms with Crippen molar-refractivity contribution in [3.63, 3.8) is 0 Å². The van der Waals surface area contributed by atoms with E-state index in [1.165, 1.54) is 11.3 Å². The van der Waals surface area contributed by atoms with Gasteiger partial charge in [0, 0.05) is 25.2 Å². The van der Waals surface area contributed by atoms with E-state index in [-0.39, 0.29) is 5.91 Å². The van der Waals surface area contributed by atoms with Crippen molar-refractivity contribution in [3.8, 4) is 0 Å². The number of morpholine rings is 1. The maximum absolute atomic E-state index is 12.7. The van der Waals surface area contributed by atoms with E-state index in [0.717, 1.165) is 64.5 Å². The molecule has 0 bridgehead atoms. The minimum atomic E-state index is -0.0951. The van der Waals surface area contributed by atoms with Crippen LogP contribution in [0.2, 0.25) is 0 Å². The van der Waals surface area contributed by atoms with E-state index in [0.29, 0.717) is 10.8 Å². The van der Waals surface area contributed by atoms with Gasteiger partial charge in [0.05, 0.1) is 34.1 Å². The standard InChI is InChI=1S/C20H24N4O2S2/c1-12(2)10-17-21-13(3)18(28-17)19(25)22-14-4-5-15-16(11-14)27-20(23-15)24-6-8-26-9-7-24/h4-5,11-12H,6-10H2,1-3H3,(H,22,25). The van der Waals surface area contributed by atoms with Crippen LogP contribution in [-0.2, 0) is 11.2 Å². The summed E-state index contributed by atoms with van der Waals surface area (Å²) in [6.07, 6.45) is 0.899. The van der Waals surface area contributed by atoms with Crippen molar-refractivity contribution >= 4 is 49.6 Å². The van der Waals surface area contributed by atoms with Gasteiger partial charge in [0.1, 0.15) is 4.88 Å². The second-order valence-corrected chi connectivity index (χ2v) is 9.45. The molecule has 1 N–H and O–H groups in total. The first-order valence-electron chi connectivity index (χ1n) is 9.50. The molecule has 0 aliphatic carbocycles. The summed E-state index contributed by atoms with van der Waals surface area (Å²) in [7, 11) is 0. The lowest BCUT2D eigenvalue weighted by Crippen LogP contribution is -2.36. The van der Waals surface area contributed by atoms with E-state index in [1.54, 1.807) is 11.3 Å². The Balaban J connectivity index is 1.51. The third-order valence-corrected chi connectivity index (χ3v) is 6.80. The second-order valence-electron chi connectivity index (χ2n) is 7.35. The highest BCUT2D eigenvalue weighted by Gasteiger charge is 2.18. The third-order valence-electron chi connectivity index (χ3n) is 4.55. The van der Waals surface area contributed by atoms with Gasteiger partial charge in [-0.05, 0) is 31.0 Å². The molecule has 1 aliphatic rings. The molecule has 3 aromatic rings. The minimum Gasteiger partial charge on any atom is -0.378 e. The molecule has 148 valence electrons. The number of benzene rings is 1. The van der Waals surface area contributed by atoms with Crippen molar-refractivity contribution in [2.24, 2.45) is 5.92 Å². The number of ether oxygens (including phenoxy) is 1. The number of aryl methyl sites for hydroxylation is 1. The Hall–Kier alpha value is -2.03. The molecule has 0 spiro atoms. The largest absolute Gasteiger partial charge is 0.378 e. The molecule has 0 unspecified atom stereocenters. The highest BCUT2D eigenvalue weighted by molar-refractivity contribution is 7.22. The van der Waals surface area contributed by atoms with E-state index in [9.17, 15) is 4.79 Å². The number of carbonyl (C=O) groups is 1. The zero-order chi connectivity index (χ0) is 19.7. The summed E-state index contributed by atoms with van der Waals surface area (Å²) in [5.74, 6) is 0.429. The van der Waals surface area contributed by atoms with Crippen LogP contribution in [0.25, 0.3) is 10.2 Å². The van der Waals surface area contributed by atoms with Gasteiger partial charge in [-0.15, -0.1) is 11.3 Å². The molecule has 1 saturated heterocycles. The van der Waals surface area contributed by atoms with Crippen LogP contribution < -0.4 is 10.2 Å². The molecule has 28 heavy (non-hydrogen) atoms. The van der Waals surface area contributed by atoms with Gasteiger partial charge in [0.25, 0.3) is 5.91 Å². The number of aromatic nitrogens is 2. The van der Waals surface area contributed by atoms with Crippen molar-refractivity contribution in [1.82, 2.24) is 9.97 Å². The summed E-state index contributed by atoms with van der Waals surface area (Å²) in [5.41, 5.74) is 2.54. The highest BCUT2D eigenvalue weighted by Crippen LogP contribution is 2.31. The van der Waals surface area contributed by atoms with Gasteiger partial charge in [-0.2, -0.15) is 0 Å². The van der Waals surface area contributed by atoms with Crippen LogP contribution in [0.3, 0.4) is 0 Å². The molecule has 0 atom stereocenters. The fraction of sp³-hybridized carbons (Fsp3) is 0.450. The lowest BCUT2D eigenvalue weighted by molar-refractivity contribution is 0.103. The zero-order valence-electron chi connectivity index (χ0n) is 16.3. The Bertz CT molecular complexity index is 989. The summed E-state index contributed by atoms with van der Waals surface area (Å²) in [5, 5.41) is 5.05. The van der Waals surface area contributed by atoms with Crippen LogP contribution in [0.5, 0.6) is 0 Å². The number of hydrogen-bond acceptors (Lipinski definition) is 7. The van der Waals surface area contributed by atoms with Crippen molar-refractivity contribution in [3.05, 3.63) is 33.8 Å². The molecule has 1 amide bonds. The summed E-state index contributed by atoms with van der Waals surface area (Å²) in [6.45, 7) is 9.43. The average Bonchev–Trinajstić information content (AvgIpc) is 3.25. The van der Waals surface area contributed by atoms with Gasteiger partial charge < -0.3 is 15.0 Å². The molecule has 0 radical (unpaired) electrons. The van der Waals surface area contributed by atoms with E-state index < -0.39 is 0 Å². The van der Waals surface area contributed by atoms with Gasteiger partial charge in [0.2, 0.25) is 0 Å². The number of nitrogens with zero attached hydrogens (tertiary/aromatic N) is 3. The molecule has 4 rings (SSSR count). The predicted molar refractivity (Wildman–Crippen MR) is 116 cm³/mol. The van der Waals surface area contributed by atoms with Gasteiger partial charge >= 0.3 is 0 Å². The third kappa shape index (κ3) is 4.19. The van der Waals surface area contributed by atoms with Gasteiger partial charge in [-0.3, -0.25) is 4.79 Å². The number of carbonyl (C=O) groups excluding carboxylic acids is 1. The fourth-order valence-electron chi connectivity index (χ4n) is 3.17. The van der Waals surface area contributed by atoms with Crippen LogP contribution in [0.1, 0.15) is 34.2 Å². The van der Waals surface area contributed by atoms with Crippen molar-refractivity contribution in [2.45, 2.75) is 27.2 Å². The summed E-state index contributed by atoms with van der Waals surface area (Å²) >= 11 is 3.14. The normalized spacial score (nSPS) is 14.8. The molecular weight excluding hydrogens is 392 g/mol. The Morgan fingerprint density at radius 3 is 2.79 bits per heavy atom. The Labute approximate surface area is 172 Å². The molecule has 2 aromatic heterocycles. The first kappa shape index (κ1) is 19.3. The summed E-state index contributed by atoms with van der Waals surface area (Å²) in [4.78, 5) is 25.0. The number of fused-ring (bicyclic) bond motifs is 1. The second kappa shape index (κ2) is 8.14. The number of amides is 1. The van der Waals surface area contributed by atoms with Crippen molar-refractivity contribution in [2.75, 3.05) is 36.5 Å². The molecular formula is C20H24N4O2S2. The number of anilines is 2. The monoisotopic (exact) mass is 416 g/mol. The maximum atomic E-state index is 12.7. The minimum absolute atomic E-state index is 0.0951. The smallest absolute Gasteiger partial charge is 0.267 e. The Morgan fingerprint density at radius 1 is 1.25 bits per heavy atom. The van der Waals surface area contributed by atoms with Crippen LogP contribution >= 0.6 is 22.7 Å².